The van der Waals surface area contributed by atoms with Gasteiger partial charge in [-0.1, -0.05) is 63.3 Å². The van der Waals surface area contributed by atoms with Crippen LogP contribution in [0.2, 0.25) is 0 Å². The van der Waals surface area contributed by atoms with Crippen molar-refractivity contribution in [2.45, 2.75) is 33.8 Å². The summed E-state index contributed by atoms with van der Waals surface area (Å²) in [5.41, 5.74) is 6.50. The standard InChI is InChI=1S/C16H24N2O2/c1-16(2,3)11-7-8-12-17-18-15(19)20-13-14-9-5-4-6-10-14/h4-7,9-11,17H,8,12-13H2,1-3H3,(H,18,19). The number of nitrogens with one attached hydrogen (secondary N) is 2. The molecule has 0 saturated heterocycles. The van der Waals surface area contributed by atoms with Gasteiger partial charge in [0, 0.05) is 6.54 Å². The fraction of sp³-hybridized carbons (Fsp3) is 0.438. The van der Waals surface area contributed by atoms with Gasteiger partial charge in [-0.15, -0.1) is 0 Å². The number of allylic oxidation sites excluding steroid dienone is 1. The van der Waals surface area contributed by atoms with Crippen LogP contribution in [0.4, 0.5) is 4.79 Å². The van der Waals surface area contributed by atoms with Crippen molar-refractivity contribution in [2.24, 2.45) is 5.41 Å². The zero-order valence-electron chi connectivity index (χ0n) is 12.5. The van der Waals surface area contributed by atoms with E-state index < -0.39 is 6.09 Å². The molecule has 0 aliphatic heterocycles. The SMILES string of the molecule is CC(C)(C)C=CCCNNC(=O)OCc1ccccc1. The van der Waals surface area contributed by atoms with E-state index in [9.17, 15) is 4.79 Å². The van der Waals surface area contributed by atoms with Crippen molar-refractivity contribution < 1.29 is 9.53 Å². The van der Waals surface area contributed by atoms with Gasteiger partial charge < -0.3 is 4.74 Å². The number of ether oxygens (including phenoxy) is 1. The summed E-state index contributed by atoms with van der Waals surface area (Å²) in [7, 11) is 0. The van der Waals surface area contributed by atoms with Crippen LogP contribution in [0, 0.1) is 5.41 Å². The van der Waals surface area contributed by atoms with Gasteiger partial charge in [-0.25, -0.2) is 10.2 Å². The fourth-order valence-corrected chi connectivity index (χ4v) is 1.49. The van der Waals surface area contributed by atoms with Gasteiger partial charge in [0.1, 0.15) is 6.61 Å². The lowest BCUT2D eigenvalue weighted by atomic mass is 9.96. The summed E-state index contributed by atoms with van der Waals surface area (Å²) in [6.45, 7) is 7.40. The number of carbonyl (C=O) groups excluding carboxylic acids is 1. The van der Waals surface area contributed by atoms with E-state index >= 15 is 0 Å². The highest BCUT2D eigenvalue weighted by atomic mass is 16.6. The summed E-state index contributed by atoms with van der Waals surface area (Å²) in [5.74, 6) is 0. The molecule has 1 aromatic rings. The maximum Gasteiger partial charge on any atom is 0.421 e. The van der Waals surface area contributed by atoms with E-state index in [2.05, 4.69) is 43.8 Å². The summed E-state index contributed by atoms with van der Waals surface area (Å²) in [4.78, 5) is 11.4. The van der Waals surface area contributed by atoms with Crippen LogP contribution in [0.25, 0.3) is 0 Å². The molecular formula is C16H24N2O2. The average molecular weight is 276 g/mol. The molecular weight excluding hydrogens is 252 g/mol. The first-order chi connectivity index (χ1) is 9.47. The number of hydrogen-bond acceptors (Lipinski definition) is 3. The van der Waals surface area contributed by atoms with Crippen molar-refractivity contribution in [3.8, 4) is 0 Å². The quantitative estimate of drug-likeness (QED) is 0.475. The number of hydrazine groups is 1. The first-order valence-electron chi connectivity index (χ1n) is 6.84. The lowest BCUT2D eigenvalue weighted by molar-refractivity contribution is 0.135. The topological polar surface area (TPSA) is 50.4 Å². The molecule has 0 bridgehead atoms. The Morgan fingerprint density at radius 1 is 1.25 bits per heavy atom. The van der Waals surface area contributed by atoms with Crippen LogP contribution in [0.3, 0.4) is 0 Å². The Labute approximate surface area is 121 Å². The molecule has 0 fully saturated rings. The molecule has 1 rings (SSSR count). The molecule has 4 heteroatoms. The average Bonchev–Trinajstić information content (AvgIpc) is 2.40. The number of hydrogen-bond donors (Lipinski definition) is 2. The van der Waals surface area contributed by atoms with Crippen LogP contribution in [0.15, 0.2) is 42.5 Å². The summed E-state index contributed by atoms with van der Waals surface area (Å²) in [5, 5.41) is 0. The Bertz CT molecular complexity index is 422. The van der Waals surface area contributed by atoms with E-state index in [1.165, 1.54) is 0 Å². The normalized spacial score (nSPS) is 11.6. The van der Waals surface area contributed by atoms with E-state index in [-0.39, 0.29) is 12.0 Å². The van der Waals surface area contributed by atoms with Crippen LogP contribution < -0.4 is 10.9 Å². The summed E-state index contributed by atoms with van der Waals surface area (Å²) >= 11 is 0. The van der Waals surface area contributed by atoms with Crippen molar-refractivity contribution in [3.63, 3.8) is 0 Å². The van der Waals surface area contributed by atoms with Gasteiger partial charge in [0.15, 0.2) is 0 Å². The molecule has 0 saturated carbocycles. The van der Waals surface area contributed by atoms with Crippen molar-refractivity contribution in [3.05, 3.63) is 48.0 Å². The van der Waals surface area contributed by atoms with Gasteiger partial charge in [-0.3, -0.25) is 5.43 Å². The van der Waals surface area contributed by atoms with Gasteiger partial charge in [-0.2, -0.15) is 0 Å². The highest BCUT2D eigenvalue weighted by molar-refractivity contribution is 5.66. The Morgan fingerprint density at radius 2 is 1.95 bits per heavy atom. The molecule has 0 spiro atoms. The zero-order chi connectivity index (χ0) is 14.8. The highest BCUT2D eigenvalue weighted by Crippen LogP contribution is 2.14. The smallest absolute Gasteiger partial charge is 0.421 e. The van der Waals surface area contributed by atoms with Crippen molar-refractivity contribution in [1.82, 2.24) is 10.9 Å². The lowest BCUT2D eigenvalue weighted by Crippen LogP contribution is -2.38. The minimum absolute atomic E-state index is 0.196. The first kappa shape index (κ1) is 16.2. The maximum absolute atomic E-state index is 11.4. The zero-order valence-corrected chi connectivity index (χ0v) is 12.5. The second kappa shape index (κ2) is 8.38. The summed E-state index contributed by atoms with van der Waals surface area (Å²) in [6, 6.07) is 9.58. The van der Waals surface area contributed by atoms with Crippen LogP contribution >= 0.6 is 0 Å². The lowest BCUT2D eigenvalue weighted by Gasteiger charge is -2.11. The summed E-state index contributed by atoms with van der Waals surface area (Å²) < 4.78 is 5.06. The molecule has 0 aliphatic carbocycles. The summed E-state index contributed by atoms with van der Waals surface area (Å²) in [6.07, 6.45) is 4.65. The molecule has 0 aliphatic rings. The van der Waals surface area contributed by atoms with Crippen molar-refractivity contribution in [2.75, 3.05) is 6.54 Å². The molecule has 0 heterocycles. The molecule has 0 unspecified atom stereocenters. The van der Waals surface area contributed by atoms with Crippen LogP contribution in [-0.2, 0) is 11.3 Å². The third kappa shape index (κ3) is 8.32. The van der Waals surface area contributed by atoms with E-state index in [0.29, 0.717) is 6.54 Å². The van der Waals surface area contributed by atoms with Crippen LogP contribution in [0.5, 0.6) is 0 Å². The Morgan fingerprint density at radius 3 is 2.60 bits per heavy atom. The molecule has 20 heavy (non-hydrogen) atoms. The van der Waals surface area contributed by atoms with Gasteiger partial charge in [-0.05, 0) is 17.4 Å². The van der Waals surface area contributed by atoms with E-state index in [4.69, 9.17) is 4.74 Å². The van der Waals surface area contributed by atoms with Gasteiger partial charge in [0.2, 0.25) is 0 Å². The van der Waals surface area contributed by atoms with Crippen molar-refractivity contribution >= 4 is 6.09 Å². The second-order valence-corrected chi connectivity index (χ2v) is 5.67. The van der Waals surface area contributed by atoms with E-state index in [0.717, 1.165) is 12.0 Å². The first-order valence-corrected chi connectivity index (χ1v) is 6.84. The van der Waals surface area contributed by atoms with Crippen LogP contribution in [0.1, 0.15) is 32.8 Å². The molecule has 0 aromatic heterocycles. The van der Waals surface area contributed by atoms with Gasteiger partial charge >= 0.3 is 6.09 Å². The third-order valence-electron chi connectivity index (χ3n) is 2.46. The number of rotatable bonds is 6. The molecule has 2 N–H and O–H groups in total. The van der Waals surface area contributed by atoms with E-state index in [1.54, 1.807) is 0 Å². The fourth-order valence-electron chi connectivity index (χ4n) is 1.49. The predicted octanol–water partition coefficient (Wildman–Crippen LogP) is 3.41. The Balaban J connectivity index is 2.08. The molecule has 4 nitrogen and oxygen atoms in total. The van der Waals surface area contributed by atoms with Gasteiger partial charge in [0.05, 0.1) is 0 Å². The minimum atomic E-state index is -0.464. The molecule has 0 radical (unpaired) electrons. The minimum Gasteiger partial charge on any atom is -0.444 e. The largest absolute Gasteiger partial charge is 0.444 e. The number of amides is 1. The van der Waals surface area contributed by atoms with Gasteiger partial charge in [0.25, 0.3) is 0 Å². The molecule has 110 valence electrons. The van der Waals surface area contributed by atoms with Crippen molar-refractivity contribution in [1.29, 1.82) is 0 Å². The molecule has 1 aromatic carbocycles. The maximum atomic E-state index is 11.4. The van der Waals surface area contributed by atoms with Crippen LogP contribution in [-0.4, -0.2) is 12.6 Å². The number of carbonyl (C=O) groups is 1. The molecule has 1 amide bonds. The third-order valence-corrected chi connectivity index (χ3v) is 2.46. The van der Waals surface area contributed by atoms with E-state index in [1.807, 2.05) is 30.3 Å². The second-order valence-electron chi connectivity index (χ2n) is 5.67. The Hall–Kier alpha value is -1.81. The Kier molecular flexibility index (Phi) is 6.81. The monoisotopic (exact) mass is 276 g/mol. The highest BCUT2D eigenvalue weighted by Gasteiger charge is 2.03. The number of benzene rings is 1. The predicted molar refractivity (Wildman–Crippen MR) is 81.0 cm³/mol. The molecule has 0 atom stereocenters.